The maximum absolute atomic E-state index is 2.46. The van der Waals surface area contributed by atoms with E-state index in [-0.39, 0.29) is 0 Å². The van der Waals surface area contributed by atoms with Gasteiger partial charge in [0.2, 0.25) is 0 Å². The molecule has 0 spiro atoms. The van der Waals surface area contributed by atoms with Crippen LogP contribution in [0.3, 0.4) is 0 Å². The molecule has 0 saturated heterocycles. The molecule has 1 aromatic heterocycles. The van der Waals surface area contributed by atoms with Crippen LogP contribution < -0.4 is 4.90 Å². The zero-order chi connectivity index (χ0) is 37.0. The molecule has 0 bridgehead atoms. The Morgan fingerprint density at radius 1 is 0.304 bits per heavy atom. The number of hydrogen-bond acceptors (Lipinski definition) is 2. The summed E-state index contributed by atoms with van der Waals surface area (Å²) in [7, 11) is 0. The highest BCUT2D eigenvalue weighted by Crippen LogP contribution is 2.48. The van der Waals surface area contributed by atoms with Crippen LogP contribution in [0, 0.1) is 0 Å². The van der Waals surface area contributed by atoms with Crippen molar-refractivity contribution in [3.8, 4) is 33.4 Å². The lowest BCUT2D eigenvalue weighted by molar-refractivity contribution is 1.30. The standard InChI is InChI=1S/C54H35NS/c1-2-14-36(15-3-1)37-28-30-40(31-29-37)44-22-10-11-26-51(44)55(52-27-13-19-39-17-5-7-21-43(39)52)41-32-33-47-50-35-49(45-25-12-18-38-16-4-6-20-42(38)45)46-23-8-9-24-48(46)54(50)56-53(47)34-41/h1-35H. The van der Waals surface area contributed by atoms with Gasteiger partial charge in [0, 0.05) is 42.2 Å². The Hall–Kier alpha value is -7.00. The van der Waals surface area contributed by atoms with Crippen LogP contribution in [0.25, 0.3) is 85.9 Å². The second-order valence-electron chi connectivity index (χ2n) is 14.4. The third kappa shape index (κ3) is 5.38. The van der Waals surface area contributed by atoms with Crippen molar-refractivity contribution in [2.24, 2.45) is 0 Å². The fourth-order valence-electron chi connectivity index (χ4n) is 8.61. The molecular formula is C54H35NS. The van der Waals surface area contributed by atoms with Gasteiger partial charge in [-0.3, -0.25) is 0 Å². The lowest BCUT2D eigenvalue weighted by atomic mass is 9.92. The topological polar surface area (TPSA) is 3.24 Å². The molecule has 0 unspecified atom stereocenters. The Labute approximate surface area is 330 Å². The van der Waals surface area contributed by atoms with Crippen LogP contribution >= 0.6 is 11.3 Å². The number of para-hydroxylation sites is 1. The lowest BCUT2D eigenvalue weighted by Crippen LogP contribution is -2.11. The van der Waals surface area contributed by atoms with E-state index in [2.05, 4.69) is 217 Å². The van der Waals surface area contributed by atoms with Crippen molar-refractivity contribution in [1.29, 1.82) is 0 Å². The number of anilines is 3. The van der Waals surface area contributed by atoms with Crippen LogP contribution in [-0.4, -0.2) is 0 Å². The maximum atomic E-state index is 2.46. The van der Waals surface area contributed by atoms with Crippen LogP contribution in [0.15, 0.2) is 212 Å². The molecule has 0 aliphatic carbocycles. The van der Waals surface area contributed by atoms with Gasteiger partial charge in [0.25, 0.3) is 0 Å². The number of nitrogens with zero attached hydrogens (tertiary/aromatic N) is 1. The molecule has 1 nitrogen and oxygen atoms in total. The van der Waals surface area contributed by atoms with E-state index in [9.17, 15) is 0 Å². The van der Waals surface area contributed by atoms with Crippen LogP contribution in [-0.2, 0) is 0 Å². The molecule has 0 aliphatic rings. The summed E-state index contributed by atoms with van der Waals surface area (Å²) in [5.74, 6) is 0. The summed E-state index contributed by atoms with van der Waals surface area (Å²) in [5, 5.41) is 10.1. The highest BCUT2D eigenvalue weighted by molar-refractivity contribution is 7.26. The Balaban J connectivity index is 1.12. The Morgan fingerprint density at radius 2 is 0.875 bits per heavy atom. The first-order valence-electron chi connectivity index (χ1n) is 19.2. The van der Waals surface area contributed by atoms with Crippen molar-refractivity contribution in [3.63, 3.8) is 0 Å². The van der Waals surface area contributed by atoms with Gasteiger partial charge in [-0.2, -0.15) is 0 Å². The highest BCUT2D eigenvalue weighted by Gasteiger charge is 2.21. The minimum Gasteiger partial charge on any atom is -0.309 e. The van der Waals surface area contributed by atoms with Gasteiger partial charge in [-0.15, -0.1) is 11.3 Å². The maximum Gasteiger partial charge on any atom is 0.0540 e. The number of fused-ring (bicyclic) bond motifs is 7. The minimum absolute atomic E-state index is 1.13. The normalized spacial score (nSPS) is 11.6. The zero-order valence-corrected chi connectivity index (χ0v) is 31.4. The summed E-state index contributed by atoms with van der Waals surface area (Å²) in [4.78, 5) is 2.46. The summed E-state index contributed by atoms with van der Waals surface area (Å²) in [6.07, 6.45) is 0. The average molecular weight is 730 g/mol. The van der Waals surface area contributed by atoms with Gasteiger partial charge in [0.15, 0.2) is 0 Å². The van der Waals surface area contributed by atoms with E-state index in [1.807, 2.05) is 11.3 Å². The summed E-state index contributed by atoms with van der Waals surface area (Å²) >= 11 is 1.90. The third-order valence-corrected chi connectivity index (χ3v) is 12.5. The van der Waals surface area contributed by atoms with Gasteiger partial charge in [-0.25, -0.2) is 0 Å². The number of thiophene rings is 1. The van der Waals surface area contributed by atoms with E-state index < -0.39 is 0 Å². The van der Waals surface area contributed by atoms with Crippen molar-refractivity contribution >= 4 is 80.9 Å². The van der Waals surface area contributed by atoms with E-state index in [0.29, 0.717) is 0 Å². The molecule has 0 fully saturated rings. The fraction of sp³-hybridized carbons (Fsp3) is 0. The number of hydrogen-bond donors (Lipinski definition) is 0. The summed E-state index contributed by atoms with van der Waals surface area (Å²) in [6.45, 7) is 0. The van der Waals surface area contributed by atoms with Gasteiger partial charge < -0.3 is 4.90 Å². The Morgan fingerprint density at radius 3 is 1.70 bits per heavy atom. The molecule has 11 aromatic rings. The molecule has 11 rings (SSSR count). The first-order chi connectivity index (χ1) is 27.8. The predicted molar refractivity (Wildman–Crippen MR) is 243 cm³/mol. The second kappa shape index (κ2) is 13.4. The van der Waals surface area contributed by atoms with Crippen LogP contribution in [0.1, 0.15) is 0 Å². The van der Waals surface area contributed by atoms with Crippen molar-refractivity contribution in [2.45, 2.75) is 0 Å². The summed E-state index contributed by atoms with van der Waals surface area (Å²) < 4.78 is 2.60. The van der Waals surface area contributed by atoms with E-state index in [1.54, 1.807) is 0 Å². The van der Waals surface area contributed by atoms with E-state index in [1.165, 1.54) is 85.9 Å². The molecule has 10 aromatic carbocycles. The fourth-order valence-corrected chi connectivity index (χ4v) is 9.86. The molecule has 0 amide bonds. The van der Waals surface area contributed by atoms with E-state index >= 15 is 0 Å². The van der Waals surface area contributed by atoms with E-state index in [4.69, 9.17) is 0 Å². The molecule has 0 aliphatic heterocycles. The quantitative estimate of drug-likeness (QED) is 0.165. The van der Waals surface area contributed by atoms with Crippen LogP contribution in [0.5, 0.6) is 0 Å². The van der Waals surface area contributed by atoms with Crippen molar-refractivity contribution < 1.29 is 0 Å². The first-order valence-corrected chi connectivity index (χ1v) is 20.0. The Bertz CT molecular complexity index is 3240. The molecule has 0 atom stereocenters. The van der Waals surface area contributed by atoms with Crippen LogP contribution in [0.2, 0.25) is 0 Å². The van der Waals surface area contributed by atoms with Gasteiger partial charge in [0.05, 0.1) is 11.4 Å². The van der Waals surface area contributed by atoms with Crippen LogP contribution in [0.4, 0.5) is 17.1 Å². The van der Waals surface area contributed by atoms with Gasteiger partial charge in [0.1, 0.15) is 0 Å². The van der Waals surface area contributed by atoms with Crippen molar-refractivity contribution in [2.75, 3.05) is 4.90 Å². The van der Waals surface area contributed by atoms with Gasteiger partial charge in [-0.1, -0.05) is 182 Å². The first kappa shape index (κ1) is 32.4. The van der Waals surface area contributed by atoms with Crippen molar-refractivity contribution in [3.05, 3.63) is 212 Å². The monoisotopic (exact) mass is 729 g/mol. The SMILES string of the molecule is c1ccc(-c2ccc(-c3ccccc3N(c3ccc4c(c3)sc3c5ccccc5c(-c5cccc6ccccc56)cc43)c3cccc4ccccc34)cc2)cc1. The summed E-state index contributed by atoms with van der Waals surface area (Å²) in [5.41, 5.74) is 10.8. The largest absolute Gasteiger partial charge is 0.309 e. The third-order valence-electron chi connectivity index (χ3n) is 11.3. The highest BCUT2D eigenvalue weighted by atomic mass is 32.1. The average Bonchev–Trinajstić information content (AvgIpc) is 3.65. The lowest BCUT2D eigenvalue weighted by Gasteiger charge is -2.29. The molecule has 0 radical (unpaired) electrons. The summed E-state index contributed by atoms with van der Waals surface area (Å²) in [6, 6.07) is 77.6. The predicted octanol–water partition coefficient (Wildman–Crippen LogP) is 16.0. The zero-order valence-electron chi connectivity index (χ0n) is 30.6. The smallest absolute Gasteiger partial charge is 0.0540 e. The Kier molecular flexibility index (Phi) is 7.75. The molecule has 56 heavy (non-hydrogen) atoms. The molecule has 1 heterocycles. The second-order valence-corrected chi connectivity index (χ2v) is 15.5. The minimum atomic E-state index is 1.13. The molecule has 0 N–H and O–H groups in total. The van der Waals surface area contributed by atoms with Gasteiger partial charge in [-0.05, 0) is 79.7 Å². The van der Waals surface area contributed by atoms with E-state index in [0.717, 1.165) is 17.1 Å². The molecule has 262 valence electrons. The number of rotatable bonds is 6. The molecule has 2 heteroatoms. The number of benzene rings is 10. The van der Waals surface area contributed by atoms with Crippen molar-refractivity contribution in [1.82, 2.24) is 0 Å². The molecule has 0 saturated carbocycles. The molecular weight excluding hydrogens is 695 g/mol. The van der Waals surface area contributed by atoms with Gasteiger partial charge >= 0.3 is 0 Å².